The van der Waals surface area contributed by atoms with E-state index in [9.17, 15) is 0 Å². The molecule has 60 heavy (non-hydrogen) atoms. The van der Waals surface area contributed by atoms with Crippen LogP contribution < -0.4 is 4.90 Å². The van der Waals surface area contributed by atoms with Crippen LogP contribution in [0.3, 0.4) is 0 Å². The molecule has 10 aromatic carbocycles. The highest BCUT2D eigenvalue weighted by Gasteiger charge is 2.18. The minimum absolute atomic E-state index is 1.09. The Kier molecular flexibility index (Phi) is 8.87. The minimum Gasteiger partial charge on any atom is -0.311 e. The lowest BCUT2D eigenvalue weighted by Crippen LogP contribution is -2.09. The lowest BCUT2D eigenvalue weighted by atomic mass is 9.93. The van der Waals surface area contributed by atoms with Gasteiger partial charge in [0.25, 0.3) is 0 Å². The summed E-state index contributed by atoms with van der Waals surface area (Å²) in [6.45, 7) is 0. The van der Waals surface area contributed by atoms with Crippen LogP contribution in [-0.2, 0) is 0 Å². The van der Waals surface area contributed by atoms with Crippen molar-refractivity contribution in [2.24, 2.45) is 0 Å². The Hall–Kier alpha value is -7.94. The number of fused-ring (bicyclic) bond motifs is 4. The van der Waals surface area contributed by atoms with Crippen molar-refractivity contribution in [3.63, 3.8) is 0 Å². The predicted octanol–water partition coefficient (Wildman–Crippen LogP) is 16.1. The van der Waals surface area contributed by atoms with Crippen LogP contribution >= 0.6 is 0 Å². The number of benzene rings is 10. The number of rotatable bonds is 8. The van der Waals surface area contributed by atoms with Crippen molar-refractivity contribution in [2.45, 2.75) is 0 Å². The molecule has 0 saturated heterocycles. The number of para-hydroxylation sites is 3. The van der Waals surface area contributed by atoms with Gasteiger partial charge in [-0.05, 0) is 110 Å². The molecule has 0 aliphatic carbocycles. The molecule has 11 rings (SSSR count). The maximum atomic E-state index is 2.42. The van der Waals surface area contributed by atoms with Crippen molar-refractivity contribution >= 4 is 49.6 Å². The van der Waals surface area contributed by atoms with Crippen LogP contribution in [0, 0.1) is 0 Å². The molecule has 0 atom stereocenters. The molecule has 0 saturated carbocycles. The fourth-order valence-electron chi connectivity index (χ4n) is 8.89. The number of hydrogen-bond donors (Lipinski definition) is 0. The van der Waals surface area contributed by atoms with Gasteiger partial charge in [0.2, 0.25) is 0 Å². The average Bonchev–Trinajstić information content (AvgIpc) is 3.67. The maximum absolute atomic E-state index is 2.42. The Balaban J connectivity index is 0.987. The quantitative estimate of drug-likeness (QED) is 0.150. The van der Waals surface area contributed by atoms with E-state index in [-0.39, 0.29) is 0 Å². The molecule has 0 amide bonds. The van der Waals surface area contributed by atoms with Gasteiger partial charge in [-0.2, -0.15) is 0 Å². The van der Waals surface area contributed by atoms with Gasteiger partial charge in [0.1, 0.15) is 0 Å². The summed E-state index contributed by atoms with van der Waals surface area (Å²) in [7, 11) is 0. The molecule has 0 bridgehead atoms. The molecule has 1 aromatic heterocycles. The molecule has 0 spiro atoms. The van der Waals surface area contributed by atoms with E-state index in [1.807, 2.05) is 0 Å². The first-order chi connectivity index (χ1) is 29.8. The summed E-state index contributed by atoms with van der Waals surface area (Å²) in [5.74, 6) is 0. The molecule has 1 heterocycles. The van der Waals surface area contributed by atoms with E-state index in [0.717, 1.165) is 28.3 Å². The Labute approximate surface area is 350 Å². The van der Waals surface area contributed by atoms with Crippen LogP contribution in [0.25, 0.3) is 82.8 Å². The van der Waals surface area contributed by atoms with Gasteiger partial charge in [-0.15, -0.1) is 0 Å². The number of aromatic nitrogens is 1. The lowest BCUT2D eigenvalue weighted by molar-refractivity contribution is 1.18. The molecule has 0 aliphatic rings. The molecule has 2 heteroatoms. The highest BCUT2D eigenvalue weighted by Crippen LogP contribution is 2.42. The zero-order valence-electron chi connectivity index (χ0n) is 33.0. The van der Waals surface area contributed by atoms with E-state index < -0.39 is 0 Å². The van der Waals surface area contributed by atoms with E-state index in [2.05, 4.69) is 252 Å². The van der Waals surface area contributed by atoms with Crippen LogP contribution in [0.4, 0.5) is 17.1 Å². The van der Waals surface area contributed by atoms with Crippen molar-refractivity contribution in [3.8, 4) is 50.2 Å². The third kappa shape index (κ3) is 6.32. The highest BCUT2D eigenvalue weighted by atomic mass is 15.1. The lowest BCUT2D eigenvalue weighted by Gasteiger charge is -2.26. The number of nitrogens with zero attached hydrogens (tertiary/aromatic N) is 2. The third-order valence-corrected chi connectivity index (χ3v) is 11.8. The van der Waals surface area contributed by atoms with Crippen molar-refractivity contribution in [2.75, 3.05) is 4.90 Å². The van der Waals surface area contributed by atoms with Gasteiger partial charge in [-0.25, -0.2) is 0 Å². The summed E-state index contributed by atoms with van der Waals surface area (Å²) in [6.07, 6.45) is 0. The van der Waals surface area contributed by atoms with E-state index in [1.165, 1.54) is 71.5 Å². The molecule has 0 unspecified atom stereocenters. The van der Waals surface area contributed by atoms with Gasteiger partial charge in [-0.1, -0.05) is 182 Å². The molecule has 282 valence electrons. The van der Waals surface area contributed by atoms with E-state index in [0.29, 0.717) is 0 Å². The molecular weight excluding hydrogens is 725 g/mol. The molecule has 0 N–H and O–H groups in total. The van der Waals surface area contributed by atoms with Crippen LogP contribution in [0.1, 0.15) is 0 Å². The Morgan fingerprint density at radius 3 is 1.33 bits per heavy atom. The fourth-order valence-corrected chi connectivity index (χ4v) is 8.89. The van der Waals surface area contributed by atoms with E-state index >= 15 is 0 Å². The Morgan fingerprint density at radius 2 is 0.700 bits per heavy atom. The monoisotopic (exact) mass is 764 g/mol. The van der Waals surface area contributed by atoms with Crippen LogP contribution in [0.2, 0.25) is 0 Å². The minimum atomic E-state index is 1.09. The zero-order valence-corrected chi connectivity index (χ0v) is 33.0. The molecular formula is C58H40N2. The standard InChI is InChI=1S/C58H40N2/c1-2-14-41(15-3-1)43-28-34-48(35-29-43)59(49-36-30-44(31-37-49)47-27-26-42-16-4-5-17-46(42)40-47)50-38-32-45(33-39-50)51-18-6-7-19-52(51)53-20-8-11-23-56(53)60-57-24-12-9-21-54(57)55-22-10-13-25-58(55)60/h1-40H. The van der Waals surface area contributed by atoms with Crippen molar-refractivity contribution < 1.29 is 0 Å². The van der Waals surface area contributed by atoms with Gasteiger partial charge in [0, 0.05) is 33.4 Å². The van der Waals surface area contributed by atoms with Crippen LogP contribution in [-0.4, -0.2) is 4.57 Å². The van der Waals surface area contributed by atoms with Gasteiger partial charge < -0.3 is 9.47 Å². The summed E-state index contributed by atoms with van der Waals surface area (Å²) >= 11 is 0. The topological polar surface area (TPSA) is 8.17 Å². The van der Waals surface area contributed by atoms with Crippen molar-refractivity contribution in [3.05, 3.63) is 243 Å². The molecule has 11 aromatic rings. The summed E-state index contributed by atoms with van der Waals surface area (Å²) in [5, 5.41) is 5.02. The smallest absolute Gasteiger partial charge is 0.0541 e. The number of hydrogen-bond acceptors (Lipinski definition) is 1. The maximum Gasteiger partial charge on any atom is 0.0541 e. The van der Waals surface area contributed by atoms with Gasteiger partial charge in [0.15, 0.2) is 0 Å². The second-order valence-corrected chi connectivity index (χ2v) is 15.3. The first-order valence-corrected chi connectivity index (χ1v) is 20.6. The normalized spacial score (nSPS) is 11.3. The predicted molar refractivity (Wildman–Crippen MR) is 255 cm³/mol. The van der Waals surface area contributed by atoms with Crippen LogP contribution in [0.5, 0.6) is 0 Å². The van der Waals surface area contributed by atoms with Crippen molar-refractivity contribution in [1.82, 2.24) is 4.57 Å². The number of anilines is 3. The summed E-state index contributed by atoms with van der Waals surface area (Å²) in [5.41, 5.74) is 16.4. The van der Waals surface area contributed by atoms with Crippen LogP contribution in [0.15, 0.2) is 243 Å². The molecule has 0 radical (unpaired) electrons. The SMILES string of the molecule is c1ccc(-c2ccc(N(c3ccc(-c4ccc5ccccc5c4)cc3)c3ccc(-c4ccccc4-c4ccccc4-n4c5ccccc5c5ccccc54)cc3)cc2)cc1. The summed E-state index contributed by atoms with van der Waals surface area (Å²) < 4.78 is 2.42. The Bertz CT molecular complexity index is 3230. The molecule has 0 aliphatic heterocycles. The molecule has 0 fully saturated rings. The van der Waals surface area contributed by atoms with Gasteiger partial charge in [0.05, 0.1) is 16.7 Å². The average molecular weight is 765 g/mol. The first kappa shape index (κ1) is 35.2. The first-order valence-electron chi connectivity index (χ1n) is 20.6. The third-order valence-electron chi connectivity index (χ3n) is 11.8. The Morgan fingerprint density at radius 1 is 0.267 bits per heavy atom. The zero-order chi connectivity index (χ0) is 39.8. The highest BCUT2D eigenvalue weighted by molar-refractivity contribution is 6.10. The van der Waals surface area contributed by atoms with E-state index in [4.69, 9.17) is 0 Å². The summed E-state index contributed by atoms with van der Waals surface area (Å²) in [6, 6.07) is 87.8. The van der Waals surface area contributed by atoms with E-state index in [1.54, 1.807) is 0 Å². The summed E-state index contributed by atoms with van der Waals surface area (Å²) in [4.78, 5) is 2.35. The largest absolute Gasteiger partial charge is 0.311 e. The van der Waals surface area contributed by atoms with Crippen molar-refractivity contribution in [1.29, 1.82) is 0 Å². The fraction of sp³-hybridized carbons (Fsp3) is 0. The van der Waals surface area contributed by atoms with Gasteiger partial charge in [-0.3, -0.25) is 0 Å². The second-order valence-electron chi connectivity index (χ2n) is 15.3. The second kappa shape index (κ2) is 15.1. The molecule has 2 nitrogen and oxygen atoms in total. The van der Waals surface area contributed by atoms with Gasteiger partial charge >= 0.3 is 0 Å².